The molecular formula is C53H32N4O. The third kappa shape index (κ3) is 5.21. The highest BCUT2D eigenvalue weighted by molar-refractivity contribution is 6.18. The van der Waals surface area contributed by atoms with Crippen LogP contribution in [-0.4, -0.2) is 19.5 Å². The van der Waals surface area contributed by atoms with Gasteiger partial charge in [-0.05, 0) is 87.3 Å². The van der Waals surface area contributed by atoms with Gasteiger partial charge in [0.1, 0.15) is 11.2 Å². The summed E-state index contributed by atoms with van der Waals surface area (Å²) in [6, 6.07) is 68.2. The number of rotatable bonds is 5. The van der Waals surface area contributed by atoms with Gasteiger partial charge in [0.25, 0.3) is 0 Å². The SMILES string of the molecule is c1ccc(-c2nc(-c3ccccc3)nc(-c3cccc(-c4cc(-n5c6ccccc6c6cc7cc8ccccc8cc7cc65)c5c(c4)oc4ccccc45)c3)n2)cc1. The number of benzene rings is 9. The van der Waals surface area contributed by atoms with Crippen molar-refractivity contribution in [3.8, 4) is 51.0 Å². The maximum Gasteiger partial charge on any atom is 0.164 e. The zero-order chi connectivity index (χ0) is 38.2. The van der Waals surface area contributed by atoms with Crippen molar-refractivity contribution in [1.29, 1.82) is 0 Å². The molecule has 0 unspecified atom stereocenters. The lowest BCUT2D eigenvalue weighted by atomic mass is 9.99. The second-order valence-electron chi connectivity index (χ2n) is 14.9. The molecule has 0 aliphatic rings. The fraction of sp³-hybridized carbons (Fsp3) is 0. The molecule has 0 spiro atoms. The Labute approximate surface area is 333 Å². The number of hydrogen-bond donors (Lipinski definition) is 0. The first-order chi connectivity index (χ1) is 28.7. The van der Waals surface area contributed by atoms with E-state index in [2.05, 4.69) is 132 Å². The number of aromatic nitrogens is 4. The smallest absolute Gasteiger partial charge is 0.164 e. The first-order valence-corrected chi connectivity index (χ1v) is 19.5. The maximum atomic E-state index is 6.69. The highest BCUT2D eigenvalue weighted by Gasteiger charge is 2.21. The van der Waals surface area contributed by atoms with E-state index in [4.69, 9.17) is 19.4 Å². The molecule has 0 aliphatic heterocycles. The largest absolute Gasteiger partial charge is 0.456 e. The van der Waals surface area contributed by atoms with Crippen LogP contribution in [0.15, 0.2) is 199 Å². The van der Waals surface area contributed by atoms with E-state index in [1.165, 1.54) is 32.3 Å². The van der Waals surface area contributed by atoms with Gasteiger partial charge in [-0.1, -0.05) is 140 Å². The molecule has 0 atom stereocenters. The minimum atomic E-state index is 0.612. The Morgan fingerprint density at radius 3 is 1.62 bits per heavy atom. The van der Waals surface area contributed by atoms with E-state index < -0.39 is 0 Å². The van der Waals surface area contributed by atoms with E-state index >= 15 is 0 Å². The van der Waals surface area contributed by atoms with Crippen molar-refractivity contribution in [2.24, 2.45) is 0 Å². The summed E-state index contributed by atoms with van der Waals surface area (Å²) in [6.45, 7) is 0. The maximum absolute atomic E-state index is 6.69. The van der Waals surface area contributed by atoms with E-state index in [1.54, 1.807) is 0 Å². The van der Waals surface area contributed by atoms with Crippen molar-refractivity contribution >= 4 is 65.3 Å². The van der Waals surface area contributed by atoms with Gasteiger partial charge in [0, 0.05) is 32.8 Å². The van der Waals surface area contributed by atoms with Crippen LogP contribution in [0, 0.1) is 0 Å². The average molecular weight is 741 g/mol. The molecule has 0 amide bonds. The fourth-order valence-electron chi connectivity index (χ4n) is 8.62. The number of fused-ring (bicyclic) bond motifs is 8. The minimum Gasteiger partial charge on any atom is -0.456 e. The van der Waals surface area contributed by atoms with Crippen LogP contribution in [0.25, 0.3) is 116 Å². The Bertz CT molecular complexity index is 3510. The second kappa shape index (κ2) is 12.8. The quantitative estimate of drug-likeness (QED) is 0.165. The second-order valence-corrected chi connectivity index (χ2v) is 14.9. The molecule has 0 saturated carbocycles. The van der Waals surface area contributed by atoms with Crippen LogP contribution in [0.2, 0.25) is 0 Å². The Balaban J connectivity index is 1.10. The molecular weight excluding hydrogens is 709 g/mol. The van der Waals surface area contributed by atoms with Crippen molar-refractivity contribution in [2.75, 3.05) is 0 Å². The van der Waals surface area contributed by atoms with Crippen molar-refractivity contribution in [3.05, 3.63) is 194 Å². The summed E-state index contributed by atoms with van der Waals surface area (Å²) < 4.78 is 9.13. The predicted molar refractivity (Wildman–Crippen MR) is 238 cm³/mol. The molecule has 3 heterocycles. The van der Waals surface area contributed by atoms with Gasteiger partial charge in [-0.15, -0.1) is 0 Å². The van der Waals surface area contributed by atoms with Gasteiger partial charge in [-0.2, -0.15) is 0 Å². The van der Waals surface area contributed by atoms with E-state index in [0.29, 0.717) is 17.5 Å². The molecule has 12 aromatic rings. The van der Waals surface area contributed by atoms with Crippen LogP contribution < -0.4 is 0 Å². The van der Waals surface area contributed by atoms with Crippen molar-refractivity contribution < 1.29 is 4.42 Å². The summed E-state index contributed by atoms with van der Waals surface area (Å²) in [4.78, 5) is 15.0. The average Bonchev–Trinajstić information content (AvgIpc) is 3.83. The molecule has 5 nitrogen and oxygen atoms in total. The van der Waals surface area contributed by atoms with Gasteiger partial charge < -0.3 is 8.98 Å². The normalized spacial score (nSPS) is 11.8. The van der Waals surface area contributed by atoms with Gasteiger partial charge >= 0.3 is 0 Å². The lowest BCUT2D eigenvalue weighted by Crippen LogP contribution is -2.00. The van der Waals surface area contributed by atoms with Crippen molar-refractivity contribution in [2.45, 2.75) is 0 Å². The van der Waals surface area contributed by atoms with Crippen LogP contribution in [-0.2, 0) is 0 Å². The third-order valence-corrected chi connectivity index (χ3v) is 11.3. The van der Waals surface area contributed by atoms with Crippen LogP contribution in [0.1, 0.15) is 0 Å². The van der Waals surface area contributed by atoms with Crippen LogP contribution in [0.5, 0.6) is 0 Å². The molecule has 9 aromatic carbocycles. The van der Waals surface area contributed by atoms with Gasteiger partial charge in [0.15, 0.2) is 17.5 Å². The van der Waals surface area contributed by atoms with Crippen LogP contribution >= 0.6 is 0 Å². The summed E-state index contributed by atoms with van der Waals surface area (Å²) in [5, 5.41) is 9.48. The molecule has 12 rings (SSSR count). The van der Waals surface area contributed by atoms with Crippen molar-refractivity contribution in [3.63, 3.8) is 0 Å². The minimum absolute atomic E-state index is 0.612. The third-order valence-electron chi connectivity index (χ3n) is 11.3. The first kappa shape index (κ1) is 32.4. The number of nitrogens with zero attached hydrogens (tertiary/aromatic N) is 4. The molecule has 0 radical (unpaired) electrons. The number of furan rings is 1. The van der Waals surface area contributed by atoms with E-state index in [1.807, 2.05) is 66.7 Å². The molecule has 0 aliphatic carbocycles. The molecule has 3 aromatic heterocycles. The molecule has 0 fully saturated rings. The lowest BCUT2D eigenvalue weighted by molar-refractivity contribution is 0.669. The van der Waals surface area contributed by atoms with Crippen LogP contribution in [0.3, 0.4) is 0 Å². The summed E-state index contributed by atoms with van der Waals surface area (Å²) in [5.41, 5.74) is 9.87. The Kier molecular flexibility index (Phi) is 7.16. The van der Waals surface area contributed by atoms with E-state index in [0.717, 1.165) is 66.5 Å². The van der Waals surface area contributed by atoms with Gasteiger partial charge in [-0.3, -0.25) is 0 Å². The predicted octanol–water partition coefficient (Wildman–Crippen LogP) is 13.8. The monoisotopic (exact) mass is 740 g/mol. The highest BCUT2D eigenvalue weighted by atomic mass is 16.3. The van der Waals surface area contributed by atoms with Gasteiger partial charge in [-0.25, -0.2) is 15.0 Å². The molecule has 58 heavy (non-hydrogen) atoms. The number of para-hydroxylation sites is 2. The summed E-state index contributed by atoms with van der Waals surface area (Å²) in [5.74, 6) is 1.88. The molecule has 0 saturated heterocycles. The standard InChI is InChI=1S/C53H32N4O/c1-3-14-33(15-4-1)51-54-52(34-16-5-2-6-17-34)56-53(55-51)38-21-13-20-37(26-38)41-31-47(50-43-23-10-12-25-48(43)58-49(50)32-41)57-45-24-11-9-22-42(45)44-29-39-27-35-18-7-8-19-36(35)28-40(39)30-46(44)57/h1-32H. The van der Waals surface area contributed by atoms with Gasteiger partial charge in [0.2, 0.25) is 0 Å². The molecule has 270 valence electrons. The highest BCUT2D eigenvalue weighted by Crippen LogP contribution is 2.42. The Hall–Kier alpha value is -7.89. The fourth-order valence-corrected chi connectivity index (χ4v) is 8.62. The summed E-state index contributed by atoms with van der Waals surface area (Å²) >= 11 is 0. The molecule has 0 N–H and O–H groups in total. The Morgan fingerprint density at radius 1 is 0.328 bits per heavy atom. The Morgan fingerprint density at radius 2 is 0.897 bits per heavy atom. The number of hydrogen-bond acceptors (Lipinski definition) is 4. The molecule has 5 heteroatoms. The summed E-state index contributed by atoms with van der Waals surface area (Å²) in [6.07, 6.45) is 0. The first-order valence-electron chi connectivity index (χ1n) is 19.5. The van der Waals surface area contributed by atoms with Gasteiger partial charge in [0.05, 0.1) is 22.1 Å². The lowest BCUT2D eigenvalue weighted by Gasteiger charge is -2.14. The zero-order valence-electron chi connectivity index (χ0n) is 31.2. The van der Waals surface area contributed by atoms with E-state index in [-0.39, 0.29) is 0 Å². The molecule has 0 bridgehead atoms. The topological polar surface area (TPSA) is 56.7 Å². The summed E-state index contributed by atoms with van der Waals surface area (Å²) in [7, 11) is 0. The van der Waals surface area contributed by atoms with Crippen LogP contribution in [0.4, 0.5) is 0 Å². The van der Waals surface area contributed by atoms with E-state index in [9.17, 15) is 0 Å². The van der Waals surface area contributed by atoms with Crippen molar-refractivity contribution in [1.82, 2.24) is 19.5 Å². The zero-order valence-corrected chi connectivity index (χ0v) is 31.2.